The van der Waals surface area contributed by atoms with Crippen LogP contribution in [0.2, 0.25) is 5.02 Å². The molecule has 0 radical (unpaired) electrons. The minimum Gasteiger partial charge on any atom is -0.495 e. The minimum atomic E-state index is -0.600. The molecule has 1 rings (SSSR count). The van der Waals surface area contributed by atoms with Gasteiger partial charge in [0.1, 0.15) is 5.75 Å². The molecular weight excluding hydrogens is 216 g/mol. The first-order chi connectivity index (χ1) is 7.17. The van der Waals surface area contributed by atoms with Crippen LogP contribution < -0.4 is 4.74 Å². The molecule has 0 amide bonds. The van der Waals surface area contributed by atoms with Gasteiger partial charge < -0.3 is 9.47 Å². The Kier molecular flexibility index (Phi) is 4.02. The fraction of sp³-hybridized carbons (Fsp3) is 0.182. The number of benzene rings is 1. The summed E-state index contributed by atoms with van der Waals surface area (Å²) in [6.45, 7) is 0. The second-order valence-electron chi connectivity index (χ2n) is 2.59. The van der Waals surface area contributed by atoms with E-state index in [1.54, 1.807) is 18.2 Å². The zero-order valence-corrected chi connectivity index (χ0v) is 9.09. The summed E-state index contributed by atoms with van der Waals surface area (Å²) in [5, 5.41) is 0.532. The molecule has 4 heteroatoms. The highest BCUT2D eigenvalue weighted by molar-refractivity contribution is 6.30. The van der Waals surface area contributed by atoms with Crippen LogP contribution in [-0.4, -0.2) is 20.2 Å². The van der Waals surface area contributed by atoms with Crippen LogP contribution in [0.3, 0.4) is 0 Å². The molecule has 3 nitrogen and oxygen atoms in total. The van der Waals surface area contributed by atoms with Gasteiger partial charge in [-0.1, -0.05) is 17.5 Å². The Bertz CT molecular complexity index is 429. The Morgan fingerprint density at radius 2 is 2.13 bits per heavy atom. The van der Waals surface area contributed by atoms with Crippen LogP contribution in [0, 0.1) is 11.8 Å². The van der Waals surface area contributed by atoms with E-state index in [9.17, 15) is 4.79 Å². The van der Waals surface area contributed by atoms with E-state index >= 15 is 0 Å². The van der Waals surface area contributed by atoms with Crippen LogP contribution in [0.15, 0.2) is 18.2 Å². The van der Waals surface area contributed by atoms with Gasteiger partial charge in [0.15, 0.2) is 0 Å². The molecule has 0 unspecified atom stereocenters. The van der Waals surface area contributed by atoms with Gasteiger partial charge in [-0.05, 0) is 18.2 Å². The highest BCUT2D eigenvalue weighted by atomic mass is 35.5. The highest BCUT2D eigenvalue weighted by Crippen LogP contribution is 2.21. The van der Waals surface area contributed by atoms with Crippen molar-refractivity contribution in [2.75, 3.05) is 14.2 Å². The van der Waals surface area contributed by atoms with Crippen molar-refractivity contribution >= 4 is 17.6 Å². The van der Waals surface area contributed by atoms with Crippen molar-refractivity contribution in [2.45, 2.75) is 0 Å². The molecule has 15 heavy (non-hydrogen) atoms. The Labute approximate surface area is 92.9 Å². The molecule has 0 saturated heterocycles. The highest BCUT2D eigenvalue weighted by Gasteiger charge is 2.01. The summed E-state index contributed by atoms with van der Waals surface area (Å²) in [7, 11) is 2.79. The lowest BCUT2D eigenvalue weighted by Crippen LogP contribution is -1.95. The molecule has 0 bridgehead atoms. The Morgan fingerprint density at radius 1 is 1.40 bits per heavy atom. The molecule has 1 aromatic rings. The van der Waals surface area contributed by atoms with Gasteiger partial charge in [0.2, 0.25) is 0 Å². The van der Waals surface area contributed by atoms with Gasteiger partial charge in [0, 0.05) is 10.9 Å². The molecule has 0 saturated carbocycles. The summed E-state index contributed by atoms with van der Waals surface area (Å²) >= 11 is 5.78. The summed E-state index contributed by atoms with van der Waals surface area (Å²) in [4.78, 5) is 10.8. The van der Waals surface area contributed by atoms with Crippen LogP contribution in [0.1, 0.15) is 5.56 Å². The summed E-state index contributed by atoms with van der Waals surface area (Å²) in [6.07, 6.45) is 0. The average Bonchev–Trinajstić information content (AvgIpc) is 2.26. The molecule has 0 aliphatic carbocycles. The first-order valence-electron chi connectivity index (χ1n) is 4.11. The number of hydrogen-bond acceptors (Lipinski definition) is 3. The molecule has 0 aliphatic heterocycles. The van der Waals surface area contributed by atoms with E-state index in [0.717, 1.165) is 0 Å². The summed E-state index contributed by atoms with van der Waals surface area (Å²) in [5.41, 5.74) is 0.551. The molecule has 0 aromatic heterocycles. The SMILES string of the molecule is COC(=O)C#Cc1cc(Cl)ccc1OC. The molecule has 0 aliphatic rings. The topological polar surface area (TPSA) is 35.5 Å². The van der Waals surface area contributed by atoms with Crippen LogP contribution in [0.5, 0.6) is 5.75 Å². The summed E-state index contributed by atoms with van der Waals surface area (Å²) < 4.78 is 9.44. The van der Waals surface area contributed by atoms with Crippen LogP contribution >= 0.6 is 11.6 Å². The Balaban J connectivity index is 3.05. The van der Waals surface area contributed by atoms with Crippen molar-refractivity contribution < 1.29 is 14.3 Å². The zero-order valence-electron chi connectivity index (χ0n) is 8.33. The lowest BCUT2D eigenvalue weighted by atomic mass is 10.2. The van der Waals surface area contributed by atoms with Gasteiger partial charge >= 0.3 is 5.97 Å². The maximum Gasteiger partial charge on any atom is 0.384 e. The maximum absolute atomic E-state index is 10.8. The van der Waals surface area contributed by atoms with E-state index < -0.39 is 5.97 Å². The molecule has 0 spiro atoms. The summed E-state index contributed by atoms with van der Waals surface area (Å²) in [6, 6.07) is 4.99. The lowest BCUT2D eigenvalue weighted by molar-refractivity contribution is -0.133. The van der Waals surface area contributed by atoms with Crippen molar-refractivity contribution in [1.29, 1.82) is 0 Å². The van der Waals surface area contributed by atoms with Crippen molar-refractivity contribution in [3.05, 3.63) is 28.8 Å². The first-order valence-corrected chi connectivity index (χ1v) is 4.48. The first kappa shape index (κ1) is 11.4. The number of rotatable bonds is 1. The van der Waals surface area contributed by atoms with Crippen molar-refractivity contribution in [3.8, 4) is 17.6 Å². The fourth-order valence-corrected chi connectivity index (χ4v) is 1.12. The van der Waals surface area contributed by atoms with Crippen LogP contribution in [0.4, 0.5) is 0 Å². The van der Waals surface area contributed by atoms with Gasteiger partial charge in [-0.15, -0.1) is 0 Å². The van der Waals surface area contributed by atoms with E-state index in [0.29, 0.717) is 16.3 Å². The normalized spacial score (nSPS) is 8.73. The van der Waals surface area contributed by atoms with Gasteiger partial charge in [-0.2, -0.15) is 0 Å². The van der Waals surface area contributed by atoms with Crippen molar-refractivity contribution in [1.82, 2.24) is 0 Å². The third-order valence-electron chi connectivity index (χ3n) is 1.65. The monoisotopic (exact) mass is 224 g/mol. The predicted molar refractivity (Wildman–Crippen MR) is 56.9 cm³/mol. The van der Waals surface area contributed by atoms with E-state index in [1.807, 2.05) is 0 Å². The molecule has 78 valence electrons. The number of methoxy groups -OCH3 is 2. The van der Waals surface area contributed by atoms with E-state index in [-0.39, 0.29) is 0 Å². The fourth-order valence-electron chi connectivity index (χ4n) is 0.947. The van der Waals surface area contributed by atoms with Crippen molar-refractivity contribution in [3.63, 3.8) is 0 Å². The van der Waals surface area contributed by atoms with Gasteiger partial charge in [0.05, 0.1) is 19.8 Å². The predicted octanol–water partition coefficient (Wildman–Crippen LogP) is 1.87. The molecule has 0 fully saturated rings. The zero-order chi connectivity index (χ0) is 11.3. The van der Waals surface area contributed by atoms with E-state index in [2.05, 4.69) is 16.6 Å². The van der Waals surface area contributed by atoms with E-state index in [4.69, 9.17) is 16.3 Å². The van der Waals surface area contributed by atoms with Gasteiger partial charge in [0.25, 0.3) is 0 Å². The third kappa shape index (κ3) is 3.19. The molecule has 0 atom stereocenters. The lowest BCUT2D eigenvalue weighted by Gasteiger charge is -2.02. The maximum atomic E-state index is 10.8. The largest absolute Gasteiger partial charge is 0.495 e. The number of halogens is 1. The molecule has 0 N–H and O–H groups in total. The average molecular weight is 225 g/mol. The van der Waals surface area contributed by atoms with Crippen LogP contribution in [0.25, 0.3) is 0 Å². The van der Waals surface area contributed by atoms with Gasteiger partial charge in [-0.3, -0.25) is 0 Å². The second kappa shape index (κ2) is 5.28. The molecule has 0 heterocycles. The number of hydrogen-bond donors (Lipinski definition) is 0. The second-order valence-corrected chi connectivity index (χ2v) is 3.02. The number of ether oxygens (including phenoxy) is 2. The quantitative estimate of drug-likeness (QED) is 0.540. The number of carbonyl (C=O) groups is 1. The molecule has 1 aromatic carbocycles. The van der Waals surface area contributed by atoms with Gasteiger partial charge in [-0.25, -0.2) is 4.79 Å². The van der Waals surface area contributed by atoms with E-state index in [1.165, 1.54) is 14.2 Å². The third-order valence-corrected chi connectivity index (χ3v) is 1.88. The van der Waals surface area contributed by atoms with Crippen molar-refractivity contribution in [2.24, 2.45) is 0 Å². The van der Waals surface area contributed by atoms with Crippen LogP contribution in [-0.2, 0) is 9.53 Å². The standard InChI is InChI=1S/C11H9ClO3/c1-14-10-5-4-9(12)7-8(10)3-6-11(13)15-2/h4-5,7H,1-2H3. The summed E-state index contributed by atoms with van der Waals surface area (Å²) in [5.74, 6) is 4.89. The smallest absolute Gasteiger partial charge is 0.384 e. The number of carbonyl (C=O) groups excluding carboxylic acids is 1. The number of esters is 1. The Morgan fingerprint density at radius 3 is 2.73 bits per heavy atom. The molecular formula is C11H9ClO3. The Hall–Kier alpha value is -1.66. The minimum absolute atomic E-state index is 0.532.